The smallest absolute Gasteiger partial charge is 0.0884 e. The molecule has 2 nitrogen and oxygen atoms in total. The van der Waals surface area contributed by atoms with Crippen LogP contribution in [0.3, 0.4) is 0 Å². The first-order valence-corrected chi connectivity index (χ1v) is 9.35. The Balaban J connectivity index is 1.83. The molecule has 0 radical (unpaired) electrons. The van der Waals surface area contributed by atoms with E-state index in [-0.39, 0.29) is 0 Å². The first kappa shape index (κ1) is 16.8. The number of rotatable bonds is 4. The molecule has 1 aromatic heterocycles. The molecular weight excluding hydrogens is 312 g/mol. The number of pyridine rings is 1. The van der Waals surface area contributed by atoms with E-state index in [0.717, 1.165) is 34.7 Å². The maximum atomic E-state index is 4.69. The Bertz CT molecular complexity index is 781. The van der Waals surface area contributed by atoms with E-state index in [1.807, 2.05) is 18.0 Å². The Labute approximate surface area is 149 Å². The number of thioether (sulfide) groups is 1. The lowest BCUT2D eigenvalue weighted by atomic mass is 10.0. The number of hydrogen-bond donors (Lipinski definition) is 1. The van der Waals surface area contributed by atoms with Gasteiger partial charge in [-0.15, -0.1) is 11.8 Å². The Morgan fingerprint density at radius 3 is 2.88 bits per heavy atom. The zero-order valence-electron chi connectivity index (χ0n) is 14.6. The van der Waals surface area contributed by atoms with Gasteiger partial charge in [0.25, 0.3) is 0 Å². The van der Waals surface area contributed by atoms with Gasteiger partial charge in [0.1, 0.15) is 0 Å². The molecule has 0 bridgehead atoms. The Kier molecular flexibility index (Phi) is 5.10. The van der Waals surface area contributed by atoms with Crippen LogP contribution in [0.25, 0.3) is 11.3 Å². The molecule has 3 rings (SSSR count). The Morgan fingerprint density at radius 1 is 1.33 bits per heavy atom. The number of aromatic nitrogens is 1. The lowest BCUT2D eigenvalue weighted by Crippen LogP contribution is -2.26. The van der Waals surface area contributed by atoms with Gasteiger partial charge in [0, 0.05) is 17.5 Å². The maximum absolute atomic E-state index is 4.69. The van der Waals surface area contributed by atoms with Crippen LogP contribution in [0.2, 0.25) is 0 Å². The van der Waals surface area contributed by atoms with Crippen LogP contribution in [-0.4, -0.2) is 16.8 Å². The van der Waals surface area contributed by atoms with Gasteiger partial charge in [-0.25, -0.2) is 0 Å². The van der Waals surface area contributed by atoms with E-state index in [1.165, 1.54) is 16.7 Å². The molecule has 1 unspecified atom stereocenters. The number of aryl methyl sites for hydroxylation is 1. The fourth-order valence-corrected chi connectivity index (χ4v) is 3.72. The number of allylic oxidation sites excluding steroid dienone is 6. The van der Waals surface area contributed by atoms with Crippen LogP contribution < -0.4 is 5.32 Å². The van der Waals surface area contributed by atoms with E-state index in [0.29, 0.717) is 6.04 Å². The third-order valence-corrected chi connectivity index (χ3v) is 5.41. The second-order valence-corrected chi connectivity index (χ2v) is 7.39. The van der Waals surface area contributed by atoms with Gasteiger partial charge >= 0.3 is 0 Å². The molecule has 0 fully saturated rings. The molecule has 2 aliphatic rings. The van der Waals surface area contributed by atoms with Crippen LogP contribution in [0.5, 0.6) is 0 Å². The van der Waals surface area contributed by atoms with Crippen LogP contribution in [0.4, 0.5) is 0 Å². The van der Waals surface area contributed by atoms with Crippen LogP contribution in [0, 0.1) is 6.92 Å². The first-order chi connectivity index (χ1) is 11.5. The fraction of sp³-hybridized carbons (Fsp3) is 0.286. The summed E-state index contributed by atoms with van der Waals surface area (Å²) in [6.07, 6.45) is 11.8. The summed E-state index contributed by atoms with van der Waals surface area (Å²) < 4.78 is 0. The molecule has 0 saturated carbocycles. The van der Waals surface area contributed by atoms with Crippen molar-refractivity contribution in [2.24, 2.45) is 0 Å². The zero-order valence-corrected chi connectivity index (χ0v) is 15.4. The maximum Gasteiger partial charge on any atom is 0.0884 e. The summed E-state index contributed by atoms with van der Waals surface area (Å²) in [5.41, 5.74) is 8.14. The molecule has 1 atom stereocenters. The summed E-state index contributed by atoms with van der Waals surface area (Å²) in [7, 11) is 0. The highest BCUT2D eigenvalue weighted by molar-refractivity contribution is 8.02. The summed E-state index contributed by atoms with van der Waals surface area (Å²) in [6, 6.07) is 2.56. The van der Waals surface area contributed by atoms with Gasteiger partial charge in [-0.05, 0) is 49.8 Å². The summed E-state index contributed by atoms with van der Waals surface area (Å²) in [4.78, 5) is 4.69. The second-order valence-electron chi connectivity index (χ2n) is 6.45. The summed E-state index contributed by atoms with van der Waals surface area (Å²) in [5.74, 6) is 1.05. The quantitative estimate of drug-likeness (QED) is 0.812. The molecule has 0 saturated heterocycles. The van der Waals surface area contributed by atoms with Crippen LogP contribution in [-0.2, 0) is 0 Å². The minimum Gasteiger partial charge on any atom is -0.377 e. The third kappa shape index (κ3) is 3.73. The zero-order chi connectivity index (χ0) is 17.1. The average molecular weight is 337 g/mol. The monoisotopic (exact) mass is 336 g/mol. The molecule has 24 heavy (non-hydrogen) atoms. The van der Waals surface area contributed by atoms with Crippen molar-refractivity contribution < 1.29 is 0 Å². The highest BCUT2D eigenvalue weighted by atomic mass is 32.2. The van der Waals surface area contributed by atoms with Gasteiger partial charge < -0.3 is 5.32 Å². The fourth-order valence-electron chi connectivity index (χ4n) is 2.90. The highest BCUT2D eigenvalue weighted by Crippen LogP contribution is 2.26. The van der Waals surface area contributed by atoms with Crippen molar-refractivity contribution in [2.75, 3.05) is 5.75 Å². The van der Waals surface area contributed by atoms with E-state index in [2.05, 4.69) is 73.4 Å². The minimum atomic E-state index is 0.353. The molecule has 1 N–H and O–H groups in total. The lowest BCUT2D eigenvalue weighted by molar-refractivity contribution is 0.802. The van der Waals surface area contributed by atoms with E-state index in [9.17, 15) is 0 Å². The predicted molar refractivity (Wildman–Crippen MR) is 107 cm³/mol. The van der Waals surface area contributed by atoms with Gasteiger partial charge in [0.2, 0.25) is 0 Å². The van der Waals surface area contributed by atoms with E-state index in [4.69, 9.17) is 0 Å². The van der Waals surface area contributed by atoms with E-state index >= 15 is 0 Å². The van der Waals surface area contributed by atoms with Gasteiger partial charge in [-0.2, -0.15) is 0 Å². The predicted octanol–water partition coefficient (Wildman–Crippen LogP) is 5.26. The molecule has 1 aromatic rings. The van der Waals surface area contributed by atoms with Gasteiger partial charge in [-0.1, -0.05) is 42.0 Å². The van der Waals surface area contributed by atoms with Crippen molar-refractivity contribution in [3.8, 4) is 0 Å². The normalized spacial score (nSPS) is 20.1. The minimum absolute atomic E-state index is 0.353. The Hall–Kier alpha value is -2.00. The molecule has 0 aromatic carbocycles. The van der Waals surface area contributed by atoms with E-state index < -0.39 is 0 Å². The molecule has 0 amide bonds. The molecule has 1 aliphatic heterocycles. The van der Waals surface area contributed by atoms with Crippen molar-refractivity contribution in [3.63, 3.8) is 0 Å². The summed E-state index contributed by atoms with van der Waals surface area (Å²) >= 11 is 1.82. The standard InChI is InChI=1S/C21H24N2S/c1-14-6-5-7-18(10-15(14)2)19-11-16(3)21(22-12-19)17(4)23-20-8-9-24-13-20/h5,7-12,20,23H,4,6,13H2,1-3H3. The number of hydrogen-bond acceptors (Lipinski definition) is 3. The van der Waals surface area contributed by atoms with Crippen molar-refractivity contribution in [2.45, 2.75) is 33.2 Å². The SMILES string of the molecule is C=C(NC1C=CSC1)c1ncc(C2=CC(C)=C(C)CC=C2)cc1C. The summed E-state index contributed by atoms with van der Waals surface area (Å²) in [6.45, 7) is 10.6. The molecule has 3 heteroatoms. The van der Waals surface area contributed by atoms with Crippen LogP contribution in [0.1, 0.15) is 37.1 Å². The van der Waals surface area contributed by atoms with Gasteiger partial charge in [0.05, 0.1) is 17.4 Å². The third-order valence-electron chi connectivity index (χ3n) is 4.51. The van der Waals surface area contributed by atoms with Crippen LogP contribution in [0.15, 0.2) is 59.7 Å². The molecule has 0 spiro atoms. The van der Waals surface area contributed by atoms with Crippen molar-refractivity contribution in [3.05, 3.63) is 76.5 Å². The topological polar surface area (TPSA) is 24.9 Å². The second kappa shape index (κ2) is 7.27. The van der Waals surface area contributed by atoms with Crippen LogP contribution >= 0.6 is 11.8 Å². The largest absolute Gasteiger partial charge is 0.377 e. The Morgan fingerprint density at radius 2 is 2.17 bits per heavy atom. The molecule has 1 aliphatic carbocycles. The molecule has 124 valence electrons. The van der Waals surface area contributed by atoms with Crippen molar-refractivity contribution >= 4 is 23.0 Å². The molecular formula is C21H24N2S. The van der Waals surface area contributed by atoms with E-state index in [1.54, 1.807) is 0 Å². The first-order valence-electron chi connectivity index (χ1n) is 8.30. The number of nitrogens with one attached hydrogen (secondary N) is 1. The highest BCUT2D eigenvalue weighted by Gasteiger charge is 2.13. The van der Waals surface area contributed by atoms with Crippen molar-refractivity contribution in [1.82, 2.24) is 10.3 Å². The van der Waals surface area contributed by atoms with Crippen molar-refractivity contribution in [1.29, 1.82) is 0 Å². The lowest BCUT2D eigenvalue weighted by Gasteiger charge is -2.16. The average Bonchev–Trinajstić information content (AvgIpc) is 3.00. The van der Waals surface area contributed by atoms with Gasteiger partial charge in [-0.3, -0.25) is 4.98 Å². The van der Waals surface area contributed by atoms with Gasteiger partial charge in [0.15, 0.2) is 0 Å². The summed E-state index contributed by atoms with van der Waals surface area (Å²) in [5, 5.41) is 5.59. The number of nitrogens with zero attached hydrogens (tertiary/aromatic N) is 1. The molecule has 2 heterocycles.